The van der Waals surface area contributed by atoms with Gasteiger partial charge in [0.1, 0.15) is 5.75 Å². The van der Waals surface area contributed by atoms with E-state index in [-0.39, 0.29) is 18.2 Å². The highest BCUT2D eigenvalue weighted by atomic mass is 35.5. The van der Waals surface area contributed by atoms with Crippen LogP contribution in [0.1, 0.15) is 25.3 Å². The van der Waals surface area contributed by atoms with Gasteiger partial charge in [-0.05, 0) is 42.2 Å². The predicted molar refractivity (Wildman–Crippen MR) is 99.4 cm³/mol. The van der Waals surface area contributed by atoms with Crippen LogP contribution in [0.2, 0.25) is 0 Å². The standard InChI is InChI=1S/C19H18Cl2F3NO2/c1-2-3-15(21)10-14-8-9-25(18(26)17(14)11-20)12-13-4-6-16(7-5-13)27-19(22,23)24/h3-7,10-11H,2,8-9,12H2,1H3/b14-10-,15-3+,17-11-. The topological polar surface area (TPSA) is 29.5 Å². The van der Waals surface area contributed by atoms with Gasteiger partial charge in [0.15, 0.2) is 0 Å². The average molecular weight is 420 g/mol. The van der Waals surface area contributed by atoms with Crippen molar-refractivity contribution in [3.05, 3.63) is 63.7 Å². The minimum absolute atomic E-state index is 0.251. The lowest BCUT2D eigenvalue weighted by Crippen LogP contribution is -2.37. The summed E-state index contributed by atoms with van der Waals surface area (Å²) in [5, 5.41) is 0.546. The van der Waals surface area contributed by atoms with Crippen LogP contribution in [0.15, 0.2) is 58.1 Å². The fourth-order valence-corrected chi connectivity index (χ4v) is 3.17. The van der Waals surface area contributed by atoms with Crippen molar-refractivity contribution in [1.29, 1.82) is 0 Å². The van der Waals surface area contributed by atoms with Gasteiger partial charge in [-0.15, -0.1) is 13.2 Å². The zero-order chi connectivity index (χ0) is 20.0. The van der Waals surface area contributed by atoms with Gasteiger partial charge in [0.25, 0.3) is 5.91 Å². The highest BCUT2D eigenvalue weighted by Crippen LogP contribution is 2.28. The Morgan fingerprint density at radius 3 is 2.52 bits per heavy atom. The molecule has 1 fully saturated rings. The lowest BCUT2D eigenvalue weighted by atomic mass is 9.97. The van der Waals surface area contributed by atoms with E-state index < -0.39 is 6.36 Å². The van der Waals surface area contributed by atoms with Crippen LogP contribution in [0, 0.1) is 0 Å². The number of benzene rings is 1. The van der Waals surface area contributed by atoms with Gasteiger partial charge < -0.3 is 9.64 Å². The summed E-state index contributed by atoms with van der Waals surface area (Å²) in [5.41, 5.74) is 3.04. The van der Waals surface area contributed by atoms with Crippen LogP contribution in [-0.4, -0.2) is 23.7 Å². The van der Waals surface area contributed by atoms with Gasteiger partial charge >= 0.3 is 6.36 Å². The molecular weight excluding hydrogens is 402 g/mol. The van der Waals surface area contributed by atoms with Gasteiger partial charge in [-0.25, -0.2) is 0 Å². The molecule has 146 valence electrons. The number of amides is 1. The van der Waals surface area contributed by atoms with Crippen LogP contribution < -0.4 is 4.74 Å². The highest BCUT2D eigenvalue weighted by Gasteiger charge is 2.31. The summed E-state index contributed by atoms with van der Waals surface area (Å²) in [5.74, 6) is -0.556. The molecule has 8 heteroatoms. The maximum absolute atomic E-state index is 12.7. The number of alkyl halides is 3. The third-order valence-corrected chi connectivity index (χ3v) is 4.35. The largest absolute Gasteiger partial charge is 0.573 e. The molecule has 0 saturated carbocycles. The second kappa shape index (κ2) is 9.33. The molecule has 2 rings (SSSR count). The summed E-state index contributed by atoms with van der Waals surface area (Å²) in [6.07, 6.45) is 0.185. The number of hydrogen-bond acceptors (Lipinski definition) is 2. The first-order chi connectivity index (χ1) is 12.7. The first kappa shape index (κ1) is 21.4. The van der Waals surface area contributed by atoms with Gasteiger partial charge in [-0.1, -0.05) is 48.3 Å². The van der Waals surface area contributed by atoms with Crippen molar-refractivity contribution in [3.8, 4) is 5.75 Å². The first-order valence-electron chi connectivity index (χ1n) is 8.24. The van der Waals surface area contributed by atoms with Crippen molar-refractivity contribution in [2.24, 2.45) is 0 Å². The maximum Gasteiger partial charge on any atom is 0.573 e. The molecule has 27 heavy (non-hydrogen) atoms. The van der Waals surface area contributed by atoms with Crippen molar-refractivity contribution in [2.75, 3.05) is 6.54 Å². The Bertz CT molecular complexity index is 768. The van der Waals surface area contributed by atoms with Gasteiger partial charge in [0.05, 0.1) is 5.57 Å². The van der Waals surface area contributed by atoms with Crippen molar-refractivity contribution < 1.29 is 22.7 Å². The van der Waals surface area contributed by atoms with E-state index in [1.54, 1.807) is 11.0 Å². The van der Waals surface area contributed by atoms with Crippen molar-refractivity contribution in [2.45, 2.75) is 32.7 Å². The lowest BCUT2D eigenvalue weighted by Gasteiger charge is -2.30. The molecule has 1 saturated heterocycles. The van der Waals surface area contributed by atoms with E-state index in [9.17, 15) is 18.0 Å². The van der Waals surface area contributed by atoms with E-state index in [1.165, 1.54) is 29.8 Å². The Labute approximate surface area is 165 Å². The van der Waals surface area contributed by atoms with Crippen LogP contribution in [0.5, 0.6) is 5.75 Å². The number of likely N-dealkylation sites (tertiary alicyclic amines) is 1. The second-order valence-electron chi connectivity index (χ2n) is 5.86. The van der Waals surface area contributed by atoms with Crippen LogP contribution in [0.25, 0.3) is 0 Å². The number of rotatable bonds is 5. The van der Waals surface area contributed by atoms with E-state index >= 15 is 0 Å². The van der Waals surface area contributed by atoms with Crippen LogP contribution in [0.4, 0.5) is 13.2 Å². The number of carbonyl (C=O) groups excluding carboxylic acids is 1. The normalized spacial score (nSPS) is 19.1. The van der Waals surface area contributed by atoms with Crippen molar-refractivity contribution in [3.63, 3.8) is 0 Å². The van der Waals surface area contributed by atoms with Crippen molar-refractivity contribution in [1.82, 2.24) is 4.90 Å². The molecule has 0 unspecified atom stereocenters. The Morgan fingerprint density at radius 1 is 1.30 bits per heavy atom. The summed E-state index contributed by atoms with van der Waals surface area (Å²) in [4.78, 5) is 14.2. The van der Waals surface area contributed by atoms with E-state index in [1.807, 2.05) is 13.0 Å². The molecule has 1 amide bonds. The Balaban J connectivity index is 2.09. The second-order valence-corrected chi connectivity index (χ2v) is 6.51. The Hall–Kier alpha value is -1.92. The quantitative estimate of drug-likeness (QED) is 0.556. The summed E-state index contributed by atoms with van der Waals surface area (Å²) >= 11 is 12.0. The number of carbonyl (C=O) groups is 1. The monoisotopic (exact) mass is 419 g/mol. The molecule has 3 nitrogen and oxygen atoms in total. The number of ether oxygens (including phenoxy) is 1. The molecule has 1 aromatic rings. The number of piperidine rings is 1. The van der Waals surface area contributed by atoms with E-state index in [0.717, 1.165) is 12.0 Å². The number of halogens is 5. The van der Waals surface area contributed by atoms with Crippen molar-refractivity contribution >= 4 is 29.1 Å². The number of allylic oxidation sites excluding steroid dienone is 3. The minimum Gasteiger partial charge on any atom is -0.406 e. The summed E-state index contributed by atoms with van der Waals surface area (Å²) < 4.78 is 40.5. The maximum atomic E-state index is 12.7. The predicted octanol–water partition coefficient (Wildman–Crippen LogP) is 5.90. The molecule has 1 aromatic carbocycles. The minimum atomic E-state index is -4.74. The summed E-state index contributed by atoms with van der Waals surface area (Å²) in [6.45, 7) is 2.67. The van der Waals surface area contributed by atoms with Crippen LogP contribution >= 0.6 is 23.2 Å². The molecule has 0 aromatic heterocycles. The fourth-order valence-electron chi connectivity index (χ4n) is 2.65. The first-order valence-corrected chi connectivity index (χ1v) is 9.06. The van der Waals surface area contributed by atoms with Gasteiger partial charge in [-0.3, -0.25) is 4.79 Å². The van der Waals surface area contributed by atoms with E-state index in [2.05, 4.69) is 4.74 Å². The van der Waals surface area contributed by atoms with Crippen LogP contribution in [-0.2, 0) is 11.3 Å². The molecule has 0 bridgehead atoms. The zero-order valence-corrected chi connectivity index (χ0v) is 16.0. The molecule has 1 aliphatic heterocycles. The number of nitrogens with zero attached hydrogens (tertiary/aromatic N) is 1. The van der Waals surface area contributed by atoms with E-state index in [0.29, 0.717) is 29.1 Å². The van der Waals surface area contributed by atoms with Gasteiger partial charge in [-0.2, -0.15) is 0 Å². The Kier molecular flexibility index (Phi) is 7.39. The average Bonchev–Trinajstić information content (AvgIpc) is 2.58. The SMILES string of the molecule is CC\C=C(Cl)/C=C1/CCN(Cc2ccc(OC(F)(F)F)cc2)C(=O)/C1=C\Cl. The molecule has 0 N–H and O–H groups in total. The molecule has 1 heterocycles. The molecule has 0 atom stereocenters. The van der Waals surface area contributed by atoms with Crippen LogP contribution in [0.3, 0.4) is 0 Å². The summed E-state index contributed by atoms with van der Waals surface area (Å²) in [6, 6.07) is 5.42. The third kappa shape index (κ3) is 6.33. The van der Waals surface area contributed by atoms with E-state index in [4.69, 9.17) is 23.2 Å². The Morgan fingerprint density at radius 2 is 1.96 bits per heavy atom. The molecule has 0 aliphatic carbocycles. The fraction of sp³-hybridized carbons (Fsp3) is 0.316. The molecule has 0 spiro atoms. The molecular formula is C19H18Cl2F3NO2. The zero-order valence-electron chi connectivity index (χ0n) is 14.5. The van der Waals surface area contributed by atoms with Gasteiger partial charge in [0, 0.05) is 23.7 Å². The molecule has 1 aliphatic rings. The highest BCUT2D eigenvalue weighted by molar-refractivity contribution is 6.31. The smallest absolute Gasteiger partial charge is 0.406 e. The van der Waals surface area contributed by atoms with Gasteiger partial charge in [0.2, 0.25) is 0 Å². The lowest BCUT2D eigenvalue weighted by molar-refractivity contribution is -0.274. The third-order valence-electron chi connectivity index (χ3n) is 3.87. The molecule has 0 radical (unpaired) electrons. The number of hydrogen-bond donors (Lipinski definition) is 0. The summed E-state index contributed by atoms with van der Waals surface area (Å²) in [7, 11) is 0.